The van der Waals surface area contributed by atoms with Gasteiger partial charge in [-0.3, -0.25) is 4.79 Å². The fourth-order valence-corrected chi connectivity index (χ4v) is 2.70. The minimum absolute atomic E-state index is 0.0535. The standard InChI is InChI=1S/C13H12ClF3N4O/c14-10-7-9(13(15,16)17)21-11(18-10)6-8(19-21)12(22)20-4-2-1-3-5-20/h6-7H,1-5H2. The van der Waals surface area contributed by atoms with Crippen LogP contribution in [-0.2, 0) is 6.18 Å². The molecule has 118 valence electrons. The lowest BCUT2D eigenvalue weighted by atomic mass is 10.1. The second kappa shape index (κ2) is 5.42. The third-order valence-electron chi connectivity index (χ3n) is 3.55. The molecule has 1 saturated heterocycles. The number of alkyl halides is 3. The van der Waals surface area contributed by atoms with Gasteiger partial charge in [-0.15, -0.1) is 0 Å². The van der Waals surface area contributed by atoms with Crippen LogP contribution in [0.4, 0.5) is 13.2 Å². The third-order valence-corrected chi connectivity index (χ3v) is 3.74. The van der Waals surface area contributed by atoms with Gasteiger partial charge in [-0.1, -0.05) is 11.6 Å². The van der Waals surface area contributed by atoms with Crippen molar-refractivity contribution in [2.75, 3.05) is 13.1 Å². The Hall–Kier alpha value is -1.83. The number of rotatable bonds is 1. The van der Waals surface area contributed by atoms with Crippen molar-refractivity contribution in [2.24, 2.45) is 0 Å². The van der Waals surface area contributed by atoms with Gasteiger partial charge in [-0.05, 0) is 19.3 Å². The number of hydrogen-bond donors (Lipinski definition) is 0. The molecular formula is C13H12ClF3N4O. The molecule has 0 spiro atoms. The Balaban J connectivity index is 2.04. The second-order valence-corrected chi connectivity index (χ2v) is 5.50. The minimum atomic E-state index is -4.64. The van der Waals surface area contributed by atoms with Crippen molar-refractivity contribution in [1.82, 2.24) is 19.5 Å². The average Bonchev–Trinajstić information content (AvgIpc) is 2.89. The van der Waals surface area contributed by atoms with Gasteiger partial charge in [-0.25, -0.2) is 9.50 Å². The fraction of sp³-hybridized carbons (Fsp3) is 0.462. The van der Waals surface area contributed by atoms with Crippen molar-refractivity contribution in [3.8, 4) is 0 Å². The molecule has 0 aromatic carbocycles. The summed E-state index contributed by atoms with van der Waals surface area (Å²) in [5.41, 5.74) is -1.21. The average molecular weight is 333 g/mol. The molecule has 0 saturated carbocycles. The lowest BCUT2D eigenvalue weighted by Crippen LogP contribution is -2.35. The van der Waals surface area contributed by atoms with Crippen molar-refractivity contribution >= 4 is 23.2 Å². The highest BCUT2D eigenvalue weighted by Gasteiger charge is 2.35. The van der Waals surface area contributed by atoms with Crippen LogP contribution < -0.4 is 0 Å². The van der Waals surface area contributed by atoms with Gasteiger partial charge in [0.05, 0.1) is 0 Å². The molecule has 1 fully saturated rings. The van der Waals surface area contributed by atoms with Crippen LogP contribution in [0.15, 0.2) is 12.1 Å². The van der Waals surface area contributed by atoms with Crippen LogP contribution in [0.2, 0.25) is 5.15 Å². The van der Waals surface area contributed by atoms with Gasteiger partial charge in [0.1, 0.15) is 5.15 Å². The van der Waals surface area contributed by atoms with Crippen LogP contribution in [0.3, 0.4) is 0 Å². The number of amides is 1. The lowest BCUT2D eigenvalue weighted by molar-refractivity contribution is -0.142. The van der Waals surface area contributed by atoms with Crippen LogP contribution in [0.25, 0.3) is 5.65 Å². The number of piperidine rings is 1. The van der Waals surface area contributed by atoms with E-state index in [1.165, 1.54) is 6.07 Å². The van der Waals surface area contributed by atoms with Gasteiger partial charge in [-0.2, -0.15) is 18.3 Å². The van der Waals surface area contributed by atoms with Crippen molar-refractivity contribution in [3.63, 3.8) is 0 Å². The number of nitrogens with zero attached hydrogens (tertiary/aromatic N) is 4. The van der Waals surface area contributed by atoms with Gasteiger partial charge in [0, 0.05) is 25.2 Å². The highest BCUT2D eigenvalue weighted by atomic mass is 35.5. The molecule has 0 aliphatic carbocycles. The Morgan fingerprint density at radius 3 is 2.50 bits per heavy atom. The van der Waals surface area contributed by atoms with Crippen molar-refractivity contribution < 1.29 is 18.0 Å². The molecule has 0 bridgehead atoms. The van der Waals surface area contributed by atoms with E-state index in [9.17, 15) is 18.0 Å². The Labute approximate surface area is 128 Å². The number of likely N-dealkylation sites (tertiary alicyclic amines) is 1. The minimum Gasteiger partial charge on any atom is -0.337 e. The maximum Gasteiger partial charge on any atom is 0.433 e. The molecule has 3 heterocycles. The summed E-state index contributed by atoms with van der Waals surface area (Å²) in [5.74, 6) is -0.380. The van der Waals surface area contributed by atoms with E-state index in [2.05, 4.69) is 10.1 Å². The summed E-state index contributed by atoms with van der Waals surface area (Å²) in [7, 11) is 0. The summed E-state index contributed by atoms with van der Waals surface area (Å²) >= 11 is 5.62. The van der Waals surface area contributed by atoms with Crippen LogP contribution in [-0.4, -0.2) is 38.5 Å². The molecule has 2 aromatic heterocycles. The number of carbonyl (C=O) groups is 1. The fourth-order valence-electron chi connectivity index (χ4n) is 2.51. The first kappa shape index (κ1) is 15.1. The van der Waals surface area contributed by atoms with E-state index in [1.807, 2.05) is 0 Å². The normalized spacial score (nSPS) is 16.3. The second-order valence-electron chi connectivity index (χ2n) is 5.11. The first-order valence-corrected chi connectivity index (χ1v) is 7.17. The van der Waals surface area contributed by atoms with Gasteiger partial charge < -0.3 is 4.90 Å². The van der Waals surface area contributed by atoms with Crippen LogP contribution in [0.1, 0.15) is 35.4 Å². The first-order valence-electron chi connectivity index (χ1n) is 6.79. The quantitative estimate of drug-likeness (QED) is 0.754. The zero-order chi connectivity index (χ0) is 15.9. The molecule has 0 N–H and O–H groups in total. The smallest absolute Gasteiger partial charge is 0.337 e. The molecule has 2 aromatic rings. The number of carbonyl (C=O) groups excluding carboxylic acids is 1. The summed E-state index contributed by atoms with van der Waals surface area (Å²) in [6.07, 6.45) is -1.82. The molecule has 1 aliphatic rings. The van der Waals surface area contributed by atoms with Gasteiger partial charge in [0.15, 0.2) is 17.0 Å². The SMILES string of the molecule is O=C(c1cc2nc(Cl)cc(C(F)(F)F)n2n1)N1CCCCC1. The zero-order valence-electron chi connectivity index (χ0n) is 11.4. The maximum absolute atomic E-state index is 13.0. The third kappa shape index (κ3) is 2.75. The van der Waals surface area contributed by atoms with Crippen LogP contribution >= 0.6 is 11.6 Å². The van der Waals surface area contributed by atoms with E-state index in [1.54, 1.807) is 4.90 Å². The molecule has 5 nitrogen and oxygen atoms in total. The number of aromatic nitrogens is 3. The molecule has 0 radical (unpaired) electrons. The van der Waals surface area contributed by atoms with Crippen molar-refractivity contribution in [1.29, 1.82) is 0 Å². The summed E-state index contributed by atoms with van der Waals surface area (Å²) in [6, 6.07) is 1.93. The number of halogens is 4. The monoisotopic (exact) mass is 332 g/mol. The summed E-state index contributed by atoms with van der Waals surface area (Å²) in [6.45, 7) is 1.18. The molecule has 9 heteroatoms. The van der Waals surface area contributed by atoms with Gasteiger partial charge in [0.2, 0.25) is 0 Å². The largest absolute Gasteiger partial charge is 0.433 e. The summed E-state index contributed by atoms with van der Waals surface area (Å²) in [4.78, 5) is 17.7. The Morgan fingerprint density at radius 2 is 1.86 bits per heavy atom. The molecular weight excluding hydrogens is 321 g/mol. The van der Waals surface area contributed by atoms with E-state index in [0.717, 1.165) is 19.3 Å². The molecule has 0 unspecified atom stereocenters. The number of hydrogen-bond acceptors (Lipinski definition) is 3. The summed E-state index contributed by atoms with van der Waals surface area (Å²) in [5, 5.41) is 3.48. The van der Waals surface area contributed by atoms with E-state index in [-0.39, 0.29) is 22.4 Å². The maximum atomic E-state index is 13.0. The highest BCUT2D eigenvalue weighted by molar-refractivity contribution is 6.29. The molecule has 0 atom stereocenters. The molecule has 3 rings (SSSR count). The molecule has 1 amide bonds. The highest BCUT2D eigenvalue weighted by Crippen LogP contribution is 2.31. The lowest BCUT2D eigenvalue weighted by Gasteiger charge is -2.25. The van der Waals surface area contributed by atoms with Gasteiger partial charge in [0.25, 0.3) is 5.91 Å². The Morgan fingerprint density at radius 1 is 1.18 bits per heavy atom. The van der Waals surface area contributed by atoms with E-state index in [0.29, 0.717) is 23.7 Å². The predicted molar refractivity (Wildman–Crippen MR) is 72.8 cm³/mol. The Kier molecular flexibility index (Phi) is 3.72. The molecule has 22 heavy (non-hydrogen) atoms. The Bertz CT molecular complexity index is 722. The zero-order valence-corrected chi connectivity index (χ0v) is 12.2. The topological polar surface area (TPSA) is 50.5 Å². The summed E-state index contributed by atoms with van der Waals surface area (Å²) < 4.78 is 39.7. The predicted octanol–water partition coefficient (Wildman–Crippen LogP) is 3.03. The van der Waals surface area contributed by atoms with E-state index in [4.69, 9.17) is 11.6 Å². The van der Waals surface area contributed by atoms with Crippen LogP contribution in [0, 0.1) is 0 Å². The van der Waals surface area contributed by atoms with Crippen molar-refractivity contribution in [3.05, 3.63) is 28.7 Å². The first-order chi connectivity index (χ1) is 10.4. The molecule has 1 aliphatic heterocycles. The van der Waals surface area contributed by atoms with E-state index >= 15 is 0 Å². The van der Waals surface area contributed by atoms with Crippen molar-refractivity contribution in [2.45, 2.75) is 25.4 Å². The van der Waals surface area contributed by atoms with E-state index < -0.39 is 11.9 Å². The van der Waals surface area contributed by atoms with Gasteiger partial charge >= 0.3 is 6.18 Å². The van der Waals surface area contributed by atoms with Crippen LogP contribution in [0.5, 0.6) is 0 Å². The number of fused-ring (bicyclic) bond motifs is 1.